The van der Waals surface area contributed by atoms with Gasteiger partial charge in [-0.1, -0.05) is 41.6 Å². The third kappa shape index (κ3) is 4.37. The van der Waals surface area contributed by atoms with Gasteiger partial charge >= 0.3 is 0 Å². The maximum Gasteiger partial charge on any atom is 0.167 e. The number of halogens is 2. The van der Waals surface area contributed by atoms with E-state index in [-0.39, 0.29) is 36.5 Å². The van der Waals surface area contributed by atoms with E-state index in [1.165, 1.54) is 0 Å². The SMILES string of the molecule is Cl.Cl.N=C(N)c1cccc(-c2cc(-c3cccc(C(=N)N)c3)on2)c1. The third-order valence-corrected chi connectivity index (χ3v) is 3.44. The Labute approximate surface area is 157 Å². The quantitative estimate of drug-likeness (QED) is 0.410. The minimum absolute atomic E-state index is 0. The summed E-state index contributed by atoms with van der Waals surface area (Å²) < 4.78 is 5.39. The Hall–Kier alpha value is -2.83. The van der Waals surface area contributed by atoms with Gasteiger partial charge in [-0.25, -0.2) is 0 Å². The van der Waals surface area contributed by atoms with Crippen LogP contribution < -0.4 is 11.5 Å². The molecule has 0 radical (unpaired) electrons. The van der Waals surface area contributed by atoms with E-state index in [0.29, 0.717) is 22.6 Å². The molecule has 0 amide bonds. The summed E-state index contributed by atoms with van der Waals surface area (Å²) in [6.07, 6.45) is 0. The molecular weight excluding hydrogens is 361 g/mol. The molecule has 130 valence electrons. The molecule has 1 heterocycles. The molecule has 6 N–H and O–H groups in total. The second-order valence-electron chi connectivity index (χ2n) is 5.07. The molecule has 2 aromatic carbocycles. The van der Waals surface area contributed by atoms with Crippen molar-refractivity contribution in [3.05, 3.63) is 65.7 Å². The average molecular weight is 378 g/mol. The fourth-order valence-corrected chi connectivity index (χ4v) is 2.23. The average Bonchev–Trinajstić information content (AvgIpc) is 3.05. The Balaban J connectivity index is 0.00000156. The summed E-state index contributed by atoms with van der Waals surface area (Å²) in [6.45, 7) is 0. The maximum absolute atomic E-state index is 7.50. The Bertz CT molecular complexity index is 835. The molecule has 1 aromatic heterocycles. The van der Waals surface area contributed by atoms with Gasteiger partial charge in [0.05, 0.1) is 0 Å². The van der Waals surface area contributed by atoms with E-state index in [1.807, 2.05) is 24.3 Å². The first-order valence-corrected chi connectivity index (χ1v) is 6.91. The summed E-state index contributed by atoms with van der Waals surface area (Å²) in [5, 5.41) is 19.1. The lowest BCUT2D eigenvalue weighted by Gasteiger charge is -2.00. The molecule has 25 heavy (non-hydrogen) atoms. The lowest BCUT2D eigenvalue weighted by atomic mass is 10.1. The predicted octanol–water partition coefficient (Wildman–Crippen LogP) is 3.42. The third-order valence-electron chi connectivity index (χ3n) is 3.44. The van der Waals surface area contributed by atoms with Crippen molar-refractivity contribution in [1.29, 1.82) is 10.8 Å². The van der Waals surface area contributed by atoms with Crippen LogP contribution >= 0.6 is 24.8 Å². The summed E-state index contributed by atoms with van der Waals surface area (Å²) in [5.74, 6) is 0.585. The number of benzene rings is 2. The van der Waals surface area contributed by atoms with Crippen LogP contribution in [0.5, 0.6) is 0 Å². The van der Waals surface area contributed by atoms with Gasteiger partial charge in [0.1, 0.15) is 17.4 Å². The highest BCUT2D eigenvalue weighted by Gasteiger charge is 2.10. The molecule has 0 aliphatic heterocycles. The van der Waals surface area contributed by atoms with Crippen LogP contribution in [-0.4, -0.2) is 16.8 Å². The van der Waals surface area contributed by atoms with Crippen molar-refractivity contribution in [3.8, 4) is 22.6 Å². The van der Waals surface area contributed by atoms with E-state index in [2.05, 4.69) is 5.16 Å². The van der Waals surface area contributed by atoms with Gasteiger partial charge in [-0.2, -0.15) is 0 Å². The van der Waals surface area contributed by atoms with Crippen molar-refractivity contribution in [2.75, 3.05) is 0 Å². The van der Waals surface area contributed by atoms with E-state index >= 15 is 0 Å². The minimum atomic E-state index is 0. The Kier molecular flexibility index (Phi) is 6.73. The van der Waals surface area contributed by atoms with Crippen LogP contribution in [0.4, 0.5) is 0 Å². The van der Waals surface area contributed by atoms with Crippen molar-refractivity contribution in [3.63, 3.8) is 0 Å². The molecule has 3 aromatic rings. The largest absolute Gasteiger partial charge is 0.384 e. The normalized spacial score (nSPS) is 9.60. The second kappa shape index (κ2) is 8.32. The Morgan fingerprint density at radius 3 is 1.88 bits per heavy atom. The standard InChI is InChI=1S/C17H15N5O.2ClH/c18-16(19)12-5-1-3-10(7-12)14-9-15(23-22-14)11-4-2-6-13(8-11)17(20)21;;/h1-9H,(H3,18,19)(H3,20,21);2*1H. The summed E-state index contributed by atoms with van der Waals surface area (Å²) >= 11 is 0. The van der Waals surface area contributed by atoms with E-state index in [0.717, 1.165) is 11.1 Å². The number of hydrogen-bond donors (Lipinski definition) is 4. The summed E-state index contributed by atoms with van der Waals surface area (Å²) in [5.41, 5.74) is 14.5. The zero-order valence-electron chi connectivity index (χ0n) is 13.0. The van der Waals surface area contributed by atoms with Gasteiger partial charge in [0.15, 0.2) is 5.76 Å². The first kappa shape index (κ1) is 20.2. The zero-order valence-corrected chi connectivity index (χ0v) is 14.7. The highest BCUT2D eigenvalue weighted by Crippen LogP contribution is 2.27. The highest BCUT2D eigenvalue weighted by atomic mass is 35.5. The van der Waals surface area contributed by atoms with E-state index in [4.69, 9.17) is 26.8 Å². The maximum atomic E-state index is 7.50. The van der Waals surface area contributed by atoms with Gasteiger partial charge in [-0.3, -0.25) is 10.8 Å². The van der Waals surface area contributed by atoms with Gasteiger partial charge in [0.25, 0.3) is 0 Å². The molecule has 0 aliphatic rings. The molecule has 6 nitrogen and oxygen atoms in total. The number of nitrogens with zero attached hydrogens (tertiary/aromatic N) is 1. The smallest absolute Gasteiger partial charge is 0.167 e. The fraction of sp³-hybridized carbons (Fsp3) is 0. The van der Waals surface area contributed by atoms with Crippen LogP contribution in [-0.2, 0) is 0 Å². The minimum Gasteiger partial charge on any atom is -0.384 e. The van der Waals surface area contributed by atoms with E-state index < -0.39 is 0 Å². The molecular formula is C17H17Cl2N5O. The van der Waals surface area contributed by atoms with Gasteiger partial charge in [0, 0.05) is 28.3 Å². The molecule has 0 bridgehead atoms. The van der Waals surface area contributed by atoms with Crippen molar-refractivity contribution in [2.45, 2.75) is 0 Å². The number of amidine groups is 2. The van der Waals surface area contributed by atoms with Crippen molar-refractivity contribution < 1.29 is 4.52 Å². The molecule has 0 atom stereocenters. The number of nitrogen functional groups attached to an aromatic ring is 2. The van der Waals surface area contributed by atoms with E-state index in [1.54, 1.807) is 30.3 Å². The molecule has 0 unspecified atom stereocenters. The molecule has 0 saturated carbocycles. The van der Waals surface area contributed by atoms with Gasteiger partial charge < -0.3 is 16.0 Å². The van der Waals surface area contributed by atoms with E-state index in [9.17, 15) is 0 Å². The number of aromatic nitrogens is 1. The summed E-state index contributed by atoms with van der Waals surface area (Å²) in [7, 11) is 0. The van der Waals surface area contributed by atoms with Crippen LogP contribution in [0.25, 0.3) is 22.6 Å². The Morgan fingerprint density at radius 2 is 1.32 bits per heavy atom. The lowest BCUT2D eigenvalue weighted by Crippen LogP contribution is -2.10. The van der Waals surface area contributed by atoms with Gasteiger partial charge in [-0.05, 0) is 12.1 Å². The number of rotatable bonds is 4. The first-order valence-electron chi connectivity index (χ1n) is 6.91. The predicted molar refractivity (Wildman–Crippen MR) is 104 cm³/mol. The molecule has 0 saturated heterocycles. The molecule has 0 spiro atoms. The fourth-order valence-electron chi connectivity index (χ4n) is 2.23. The van der Waals surface area contributed by atoms with Crippen LogP contribution in [0, 0.1) is 10.8 Å². The summed E-state index contributed by atoms with van der Waals surface area (Å²) in [4.78, 5) is 0. The van der Waals surface area contributed by atoms with Crippen LogP contribution in [0.3, 0.4) is 0 Å². The summed E-state index contributed by atoms with van der Waals surface area (Å²) in [6, 6.07) is 16.3. The zero-order chi connectivity index (χ0) is 16.4. The topological polar surface area (TPSA) is 126 Å². The first-order chi connectivity index (χ1) is 11.0. The molecule has 0 aliphatic carbocycles. The monoisotopic (exact) mass is 377 g/mol. The lowest BCUT2D eigenvalue weighted by molar-refractivity contribution is 0.435. The van der Waals surface area contributed by atoms with Crippen molar-refractivity contribution in [2.24, 2.45) is 11.5 Å². The van der Waals surface area contributed by atoms with Crippen molar-refractivity contribution in [1.82, 2.24) is 5.16 Å². The molecule has 0 fully saturated rings. The highest BCUT2D eigenvalue weighted by molar-refractivity contribution is 5.96. The number of nitrogens with one attached hydrogen (secondary N) is 2. The molecule has 3 rings (SSSR count). The van der Waals surface area contributed by atoms with Crippen LogP contribution in [0.2, 0.25) is 0 Å². The van der Waals surface area contributed by atoms with Crippen molar-refractivity contribution >= 4 is 36.5 Å². The van der Waals surface area contributed by atoms with Crippen LogP contribution in [0.1, 0.15) is 11.1 Å². The van der Waals surface area contributed by atoms with Gasteiger partial charge in [-0.15, -0.1) is 24.8 Å². The second-order valence-corrected chi connectivity index (χ2v) is 5.07. The van der Waals surface area contributed by atoms with Gasteiger partial charge in [0.2, 0.25) is 0 Å². The van der Waals surface area contributed by atoms with Crippen LogP contribution in [0.15, 0.2) is 59.1 Å². The number of nitrogens with two attached hydrogens (primary N) is 2. The Morgan fingerprint density at radius 1 is 0.800 bits per heavy atom. The number of hydrogen-bond acceptors (Lipinski definition) is 4. The molecule has 8 heteroatoms.